The second kappa shape index (κ2) is 6.40. The number of nitrogens with zero attached hydrogens (tertiary/aromatic N) is 1. The number of hydrogen-bond acceptors (Lipinski definition) is 2. The first-order chi connectivity index (χ1) is 9.10. The number of rotatable bonds is 3. The van der Waals surface area contributed by atoms with Gasteiger partial charge in [0.25, 0.3) is 0 Å². The van der Waals surface area contributed by atoms with Crippen molar-refractivity contribution in [2.75, 3.05) is 25.0 Å². The molecule has 102 valence electrons. The third-order valence-corrected chi connectivity index (χ3v) is 4.14. The lowest BCUT2D eigenvalue weighted by Gasteiger charge is -2.32. The molecule has 1 heterocycles. The number of benzene rings is 1. The van der Waals surface area contributed by atoms with Gasteiger partial charge in [-0.05, 0) is 53.4 Å². The van der Waals surface area contributed by atoms with Crippen molar-refractivity contribution in [1.29, 1.82) is 0 Å². The highest BCUT2D eigenvalue weighted by Crippen LogP contribution is 2.26. The summed E-state index contributed by atoms with van der Waals surface area (Å²) in [5.74, 6) is 2.47. The van der Waals surface area contributed by atoms with Gasteiger partial charge in [-0.2, -0.15) is 0 Å². The average molecular weight is 325 g/mol. The minimum Gasteiger partial charge on any atom is -0.382 e. The van der Waals surface area contributed by atoms with Crippen molar-refractivity contribution >= 4 is 21.6 Å². The first-order valence-electron chi connectivity index (χ1n) is 6.48. The molecule has 0 spiro atoms. The van der Waals surface area contributed by atoms with E-state index in [2.05, 4.69) is 32.1 Å². The number of likely N-dealkylation sites (tertiary alicyclic amines) is 1. The van der Waals surface area contributed by atoms with E-state index < -0.39 is 0 Å². The summed E-state index contributed by atoms with van der Waals surface area (Å²) in [6.45, 7) is 4.69. The molecule has 1 saturated heterocycles. The van der Waals surface area contributed by atoms with Crippen LogP contribution in [0.2, 0.25) is 0 Å². The van der Waals surface area contributed by atoms with Crippen molar-refractivity contribution in [3.63, 3.8) is 0 Å². The van der Waals surface area contributed by atoms with Crippen LogP contribution >= 0.6 is 15.9 Å². The van der Waals surface area contributed by atoms with E-state index >= 15 is 0 Å². The highest BCUT2D eigenvalue weighted by molar-refractivity contribution is 9.10. The molecule has 1 fully saturated rings. The van der Waals surface area contributed by atoms with Crippen LogP contribution in [0, 0.1) is 25.1 Å². The molecule has 1 aromatic rings. The quantitative estimate of drug-likeness (QED) is 0.857. The number of hydrogen-bond donors (Lipinski definition) is 1. The SMILES string of the molecule is C#CCN1CCC(Nc2cc(Br)c(F)cc2C)CC1. The predicted octanol–water partition coefficient (Wildman–Crippen LogP) is 3.41. The van der Waals surface area contributed by atoms with E-state index in [1.54, 1.807) is 6.07 Å². The number of halogens is 2. The minimum absolute atomic E-state index is 0.216. The normalized spacial score (nSPS) is 17.2. The van der Waals surface area contributed by atoms with Gasteiger partial charge in [0.05, 0.1) is 11.0 Å². The lowest BCUT2D eigenvalue weighted by molar-refractivity contribution is 0.243. The molecule has 0 amide bonds. The van der Waals surface area contributed by atoms with Crippen molar-refractivity contribution in [3.8, 4) is 12.3 Å². The highest BCUT2D eigenvalue weighted by Gasteiger charge is 2.19. The van der Waals surface area contributed by atoms with Crippen LogP contribution in [0.25, 0.3) is 0 Å². The summed E-state index contributed by atoms with van der Waals surface area (Å²) in [4.78, 5) is 2.28. The summed E-state index contributed by atoms with van der Waals surface area (Å²) >= 11 is 3.23. The molecular formula is C15H18BrFN2. The largest absolute Gasteiger partial charge is 0.382 e. The molecule has 19 heavy (non-hydrogen) atoms. The first kappa shape index (κ1) is 14.4. The topological polar surface area (TPSA) is 15.3 Å². The van der Waals surface area contributed by atoms with Gasteiger partial charge >= 0.3 is 0 Å². The Hall–Kier alpha value is -1.05. The first-order valence-corrected chi connectivity index (χ1v) is 7.27. The Morgan fingerprint density at radius 3 is 2.79 bits per heavy atom. The van der Waals surface area contributed by atoms with Gasteiger partial charge in [-0.3, -0.25) is 4.90 Å². The predicted molar refractivity (Wildman–Crippen MR) is 80.8 cm³/mol. The van der Waals surface area contributed by atoms with Crippen molar-refractivity contribution in [2.45, 2.75) is 25.8 Å². The molecule has 0 unspecified atom stereocenters. The molecule has 0 bridgehead atoms. The molecule has 1 N–H and O–H groups in total. The fourth-order valence-corrected chi connectivity index (χ4v) is 2.73. The van der Waals surface area contributed by atoms with E-state index in [-0.39, 0.29) is 5.82 Å². The summed E-state index contributed by atoms with van der Waals surface area (Å²) in [7, 11) is 0. The summed E-state index contributed by atoms with van der Waals surface area (Å²) < 4.78 is 13.9. The van der Waals surface area contributed by atoms with Crippen LogP contribution in [-0.2, 0) is 0 Å². The third-order valence-electron chi connectivity index (χ3n) is 3.53. The molecule has 1 aliphatic heterocycles. The second-order valence-corrected chi connectivity index (χ2v) is 5.83. The minimum atomic E-state index is -0.216. The number of anilines is 1. The molecule has 0 atom stereocenters. The van der Waals surface area contributed by atoms with E-state index in [9.17, 15) is 4.39 Å². The Labute approximate surface area is 122 Å². The maximum Gasteiger partial charge on any atom is 0.137 e. The van der Waals surface area contributed by atoms with E-state index in [0.29, 0.717) is 10.5 Å². The second-order valence-electron chi connectivity index (χ2n) is 4.98. The van der Waals surface area contributed by atoms with Crippen LogP contribution in [0.1, 0.15) is 18.4 Å². The zero-order chi connectivity index (χ0) is 13.8. The van der Waals surface area contributed by atoms with Crippen LogP contribution in [0.4, 0.5) is 10.1 Å². The molecule has 2 nitrogen and oxygen atoms in total. The van der Waals surface area contributed by atoms with E-state index in [0.717, 1.165) is 43.7 Å². The summed E-state index contributed by atoms with van der Waals surface area (Å²) in [5.41, 5.74) is 1.94. The van der Waals surface area contributed by atoms with Gasteiger partial charge in [0.15, 0.2) is 0 Å². The number of terminal acetylenes is 1. The van der Waals surface area contributed by atoms with Crippen molar-refractivity contribution < 1.29 is 4.39 Å². The van der Waals surface area contributed by atoms with Crippen LogP contribution in [0.3, 0.4) is 0 Å². The maximum absolute atomic E-state index is 13.4. The lowest BCUT2D eigenvalue weighted by atomic mass is 10.0. The maximum atomic E-state index is 13.4. The Bertz CT molecular complexity index is 488. The molecule has 0 radical (unpaired) electrons. The van der Waals surface area contributed by atoms with Gasteiger partial charge in [-0.15, -0.1) is 6.42 Å². The van der Waals surface area contributed by atoms with Gasteiger partial charge in [0, 0.05) is 24.8 Å². The van der Waals surface area contributed by atoms with E-state index in [1.165, 1.54) is 0 Å². The van der Waals surface area contributed by atoms with Gasteiger partial charge in [0.1, 0.15) is 5.82 Å². The smallest absolute Gasteiger partial charge is 0.137 e. The zero-order valence-corrected chi connectivity index (χ0v) is 12.6. The number of nitrogens with one attached hydrogen (secondary N) is 1. The Kier molecular flexibility index (Phi) is 4.84. The zero-order valence-electron chi connectivity index (χ0n) is 11.0. The van der Waals surface area contributed by atoms with Crippen molar-refractivity contribution in [2.24, 2.45) is 0 Å². The lowest BCUT2D eigenvalue weighted by Crippen LogP contribution is -2.39. The molecule has 2 rings (SSSR count). The van der Waals surface area contributed by atoms with E-state index in [4.69, 9.17) is 6.42 Å². The standard InChI is InChI=1S/C15H18BrFN2/c1-3-6-19-7-4-12(5-8-19)18-15-10-13(16)14(17)9-11(15)2/h1,9-10,12,18H,4-8H2,2H3. The van der Waals surface area contributed by atoms with Crippen LogP contribution in [-0.4, -0.2) is 30.6 Å². The Morgan fingerprint density at radius 2 is 2.16 bits per heavy atom. The third kappa shape index (κ3) is 3.71. The fraction of sp³-hybridized carbons (Fsp3) is 0.467. The fourth-order valence-electron chi connectivity index (χ4n) is 2.39. The van der Waals surface area contributed by atoms with Crippen molar-refractivity contribution in [1.82, 2.24) is 4.90 Å². The molecular weight excluding hydrogens is 307 g/mol. The van der Waals surface area contributed by atoms with E-state index in [1.807, 2.05) is 13.0 Å². The Morgan fingerprint density at radius 1 is 1.47 bits per heavy atom. The summed E-state index contributed by atoms with van der Waals surface area (Å²) in [6.07, 6.45) is 7.45. The molecule has 1 aliphatic rings. The van der Waals surface area contributed by atoms with Crippen LogP contribution in [0.15, 0.2) is 16.6 Å². The Balaban J connectivity index is 1.96. The molecule has 0 aliphatic carbocycles. The molecule has 4 heteroatoms. The van der Waals surface area contributed by atoms with Crippen molar-refractivity contribution in [3.05, 3.63) is 28.0 Å². The van der Waals surface area contributed by atoms with Gasteiger partial charge in [-0.25, -0.2) is 4.39 Å². The highest BCUT2D eigenvalue weighted by atomic mass is 79.9. The summed E-state index contributed by atoms with van der Waals surface area (Å²) in [5, 5.41) is 3.50. The monoisotopic (exact) mass is 324 g/mol. The summed E-state index contributed by atoms with van der Waals surface area (Å²) in [6, 6.07) is 3.81. The van der Waals surface area contributed by atoms with Gasteiger partial charge in [0.2, 0.25) is 0 Å². The molecule has 1 aromatic carbocycles. The molecule has 0 aromatic heterocycles. The number of aryl methyl sites for hydroxylation is 1. The number of piperidine rings is 1. The van der Waals surface area contributed by atoms with Crippen LogP contribution in [0.5, 0.6) is 0 Å². The van der Waals surface area contributed by atoms with Gasteiger partial charge in [-0.1, -0.05) is 5.92 Å². The van der Waals surface area contributed by atoms with Gasteiger partial charge < -0.3 is 5.32 Å². The van der Waals surface area contributed by atoms with Crippen LogP contribution < -0.4 is 5.32 Å². The average Bonchev–Trinajstić information content (AvgIpc) is 2.38. The molecule has 0 saturated carbocycles.